The van der Waals surface area contributed by atoms with Gasteiger partial charge in [-0.3, -0.25) is 0 Å². The van der Waals surface area contributed by atoms with E-state index in [-0.39, 0.29) is 5.92 Å². The molecular weight excluding hydrogens is 569 g/mol. The predicted octanol–water partition coefficient (Wildman–Crippen LogP) is 12.2. The van der Waals surface area contributed by atoms with Crippen molar-refractivity contribution in [2.24, 2.45) is 5.92 Å². The largest absolute Gasteiger partial charge is 0.311 e. The van der Waals surface area contributed by atoms with Gasteiger partial charge >= 0.3 is 0 Å². The Morgan fingerprint density at radius 1 is 0.383 bits per heavy atom. The molecule has 2 bridgehead atoms. The van der Waals surface area contributed by atoms with Crippen LogP contribution in [0.4, 0.5) is 28.4 Å². The van der Waals surface area contributed by atoms with Crippen LogP contribution in [-0.4, -0.2) is 0 Å². The van der Waals surface area contributed by atoms with Gasteiger partial charge < -0.3 is 9.80 Å². The van der Waals surface area contributed by atoms with Crippen LogP contribution in [0, 0.1) is 5.92 Å². The predicted molar refractivity (Wildman–Crippen MR) is 200 cm³/mol. The minimum atomic E-state index is 0.235. The summed E-state index contributed by atoms with van der Waals surface area (Å²) in [6.45, 7) is 0. The number of benzene rings is 6. The molecule has 2 aliphatic carbocycles. The smallest absolute Gasteiger partial charge is 0.0468 e. The summed E-state index contributed by atoms with van der Waals surface area (Å²) in [5.74, 6) is 0.235. The van der Waals surface area contributed by atoms with E-state index in [0.717, 1.165) is 34.1 Å². The quantitative estimate of drug-likeness (QED) is 0.179. The van der Waals surface area contributed by atoms with Gasteiger partial charge in [0.05, 0.1) is 0 Å². The Bertz CT molecular complexity index is 2170. The Morgan fingerprint density at radius 3 is 1.62 bits per heavy atom. The van der Waals surface area contributed by atoms with E-state index in [2.05, 4.69) is 210 Å². The van der Waals surface area contributed by atoms with Crippen molar-refractivity contribution in [1.29, 1.82) is 0 Å². The van der Waals surface area contributed by atoms with Crippen LogP contribution in [0.15, 0.2) is 212 Å². The number of fused-ring (bicyclic) bond motifs is 2. The third-order valence-corrected chi connectivity index (χ3v) is 8.79. The van der Waals surface area contributed by atoms with E-state index in [1.165, 1.54) is 27.5 Å². The van der Waals surface area contributed by atoms with E-state index < -0.39 is 0 Å². The maximum atomic E-state index is 2.34. The zero-order valence-electron chi connectivity index (χ0n) is 26.0. The van der Waals surface area contributed by atoms with E-state index in [1.54, 1.807) is 0 Å². The Morgan fingerprint density at radius 2 is 0.936 bits per heavy atom. The highest BCUT2D eigenvalue weighted by molar-refractivity contribution is 5.89. The van der Waals surface area contributed by atoms with Crippen molar-refractivity contribution in [3.05, 3.63) is 212 Å². The monoisotopic (exact) mass is 602 g/mol. The molecule has 0 spiro atoms. The molecule has 2 aliphatic rings. The molecule has 0 aromatic heterocycles. The summed E-state index contributed by atoms with van der Waals surface area (Å²) in [6, 6.07) is 54.2. The lowest BCUT2D eigenvalue weighted by Gasteiger charge is -2.27. The van der Waals surface area contributed by atoms with E-state index in [1.807, 2.05) is 0 Å². The molecule has 8 rings (SSSR count). The highest BCUT2D eigenvalue weighted by Gasteiger charge is 2.17. The van der Waals surface area contributed by atoms with Crippen LogP contribution in [0.3, 0.4) is 0 Å². The van der Waals surface area contributed by atoms with Crippen molar-refractivity contribution >= 4 is 39.2 Å². The zero-order chi connectivity index (χ0) is 31.4. The van der Waals surface area contributed by atoms with Gasteiger partial charge in [-0.15, -0.1) is 0 Å². The maximum Gasteiger partial charge on any atom is 0.0468 e. The second kappa shape index (κ2) is 12.7. The van der Waals surface area contributed by atoms with Crippen LogP contribution in [0.2, 0.25) is 0 Å². The van der Waals surface area contributed by atoms with E-state index >= 15 is 0 Å². The second-order valence-corrected chi connectivity index (χ2v) is 11.9. The first-order valence-corrected chi connectivity index (χ1v) is 16.1. The molecule has 0 saturated carbocycles. The fourth-order valence-corrected chi connectivity index (χ4v) is 6.46. The molecule has 0 fully saturated rings. The van der Waals surface area contributed by atoms with E-state index in [0.29, 0.717) is 0 Å². The first kappa shape index (κ1) is 28.4. The summed E-state index contributed by atoms with van der Waals surface area (Å²) in [5, 5.41) is 2.47. The van der Waals surface area contributed by atoms with Crippen LogP contribution in [0.25, 0.3) is 21.9 Å². The molecule has 0 saturated heterocycles. The summed E-state index contributed by atoms with van der Waals surface area (Å²) in [7, 11) is 0. The molecule has 2 heteroatoms. The van der Waals surface area contributed by atoms with Gasteiger partial charge in [0.1, 0.15) is 0 Å². The first-order chi connectivity index (χ1) is 23.3. The van der Waals surface area contributed by atoms with E-state index in [4.69, 9.17) is 0 Å². The Labute approximate surface area is 276 Å². The summed E-state index contributed by atoms with van der Waals surface area (Å²) in [5.41, 5.74) is 10.4. The number of hydrogen-bond donors (Lipinski definition) is 0. The molecule has 6 aromatic rings. The van der Waals surface area contributed by atoms with Crippen LogP contribution in [0.5, 0.6) is 0 Å². The lowest BCUT2D eigenvalue weighted by Crippen LogP contribution is -2.15. The van der Waals surface area contributed by atoms with Crippen LogP contribution >= 0.6 is 0 Å². The minimum absolute atomic E-state index is 0.235. The Hall–Kier alpha value is -6.12. The van der Waals surface area contributed by atoms with Gasteiger partial charge in [-0.05, 0) is 100 Å². The van der Waals surface area contributed by atoms with Crippen LogP contribution < -0.4 is 9.80 Å². The van der Waals surface area contributed by atoms with Crippen molar-refractivity contribution < 1.29 is 0 Å². The molecule has 0 N–H and O–H groups in total. The fourth-order valence-electron chi connectivity index (χ4n) is 6.46. The highest BCUT2D eigenvalue weighted by atomic mass is 15.1. The molecule has 6 aromatic carbocycles. The topological polar surface area (TPSA) is 6.48 Å². The number of rotatable bonds is 7. The summed E-state index contributed by atoms with van der Waals surface area (Å²) in [4.78, 5) is 4.66. The molecule has 0 aliphatic heterocycles. The SMILES string of the molecule is C1=CC2=CC(C=C1)C=C(N(c1ccccc1)c1ccc(-c3ccc(N(c4ccccc4)c4ccc5ccccc5c4)cc3)cc1)C=C2. The van der Waals surface area contributed by atoms with Crippen LogP contribution in [0.1, 0.15) is 0 Å². The molecule has 0 radical (unpaired) electrons. The molecule has 224 valence electrons. The zero-order valence-corrected chi connectivity index (χ0v) is 26.0. The lowest BCUT2D eigenvalue weighted by atomic mass is 10.0. The standard InChI is InChI=1S/C45H34N2/c1-3-15-40(16-4-1)46(44-25-19-34-11-7-8-12-35(31-34)32-44)42-26-20-37(21-27-42)38-22-28-43(29-23-38)47(41-17-5-2-6-18-41)45-30-24-36-13-9-10-14-39(36)33-45/h1-33,35H. The average molecular weight is 603 g/mol. The summed E-state index contributed by atoms with van der Waals surface area (Å²) < 4.78 is 0. The molecular formula is C45H34N2. The number of para-hydroxylation sites is 2. The minimum Gasteiger partial charge on any atom is -0.311 e. The molecule has 1 unspecified atom stereocenters. The van der Waals surface area contributed by atoms with Crippen molar-refractivity contribution in [3.63, 3.8) is 0 Å². The molecule has 0 amide bonds. The van der Waals surface area contributed by atoms with Gasteiger partial charge in [-0.2, -0.15) is 0 Å². The van der Waals surface area contributed by atoms with Gasteiger partial charge in [0.2, 0.25) is 0 Å². The molecule has 47 heavy (non-hydrogen) atoms. The third-order valence-electron chi connectivity index (χ3n) is 8.79. The van der Waals surface area contributed by atoms with Gasteiger partial charge in [0.25, 0.3) is 0 Å². The summed E-state index contributed by atoms with van der Waals surface area (Å²) in [6.07, 6.45) is 17.7. The van der Waals surface area contributed by atoms with Crippen molar-refractivity contribution in [1.82, 2.24) is 0 Å². The molecule has 1 atom stereocenters. The van der Waals surface area contributed by atoms with Crippen molar-refractivity contribution in [3.8, 4) is 11.1 Å². The average Bonchev–Trinajstić information content (AvgIpc) is 3.49. The van der Waals surface area contributed by atoms with E-state index in [9.17, 15) is 0 Å². The van der Waals surface area contributed by atoms with Gasteiger partial charge in [0.15, 0.2) is 0 Å². The number of hydrogen-bond acceptors (Lipinski definition) is 2. The first-order valence-electron chi connectivity index (χ1n) is 16.1. The Balaban J connectivity index is 1.11. The van der Waals surface area contributed by atoms with Gasteiger partial charge in [-0.25, -0.2) is 0 Å². The lowest BCUT2D eigenvalue weighted by molar-refractivity contribution is 1.04. The van der Waals surface area contributed by atoms with Gasteiger partial charge in [-0.1, -0.05) is 127 Å². The Kier molecular flexibility index (Phi) is 7.67. The molecule has 0 heterocycles. The number of allylic oxidation sites excluding steroid dienone is 9. The fraction of sp³-hybridized carbons (Fsp3) is 0.0222. The number of anilines is 5. The highest BCUT2D eigenvalue weighted by Crippen LogP contribution is 2.38. The van der Waals surface area contributed by atoms with Crippen LogP contribution in [-0.2, 0) is 0 Å². The van der Waals surface area contributed by atoms with Crippen molar-refractivity contribution in [2.75, 3.05) is 9.80 Å². The normalized spacial score (nSPS) is 15.0. The van der Waals surface area contributed by atoms with Gasteiger partial charge in [0, 0.05) is 40.1 Å². The third kappa shape index (κ3) is 5.97. The number of nitrogens with zero attached hydrogens (tertiary/aromatic N) is 2. The molecule has 2 nitrogen and oxygen atoms in total. The second-order valence-electron chi connectivity index (χ2n) is 11.9. The maximum absolute atomic E-state index is 2.34. The van der Waals surface area contributed by atoms with Crippen molar-refractivity contribution in [2.45, 2.75) is 0 Å². The summed E-state index contributed by atoms with van der Waals surface area (Å²) >= 11 is 0.